The minimum Gasteiger partial charge on any atom is -0.351 e. The first kappa shape index (κ1) is 30.7. The zero-order valence-corrected chi connectivity index (χ0v) is 27.7. The van der Waals surface area contributed by atoms with Gasteiger partial charge >= 0.3 is 0 Å². The van der Waals surface area contributed by atoms with Gasteiger partial charge in [0.25, 0.3) is 0 Å². The molecule has 11 nitrogen and oxygen atoms in total. The number of likely N-dealkylation sites (N-methyl/N-ethyl adjacent to an activating group) is 1. The largest absolute Gasteiger partial charge is 0.351 e. The molecule has 2 aliphatic rings. The number of carbonyl (C=O) groups excluding carboxylic acids is 1. The van der Waals surface area contributed by atoms with Crippen molar-refractivity contribution in [1.29, 1.82) is 5.26 Å². The summed E-state index contributed by atoms with van der Waals surface area (Å²) >= 11 is 0. The van der Waals surface area contributed by atoms with Gasteiger partial charge in [-0.15, -0.1) is 5.10 Å². The Labute approximate surface area is 272 Å². The van der Waals surface area contributed by atoms with Crippen molar-refractivity contribution in [2.45, 2.75) is 64.6 Å². The minimum atomic E-state index is -0.392. The zero-order chi connectivity index (χ0) is 33.4. The number of H-pyrrole nitrogens is 1. The van der Waals surface area contributed by atoms with Gasteiger partial charge in [0, 0.05) is 42.0 Å². The average molecular weight is 635 g/mol. The molecular weight excluding hydrogens is 595 g/mol. The lowest BCUT2D eigenvalue weighted by Gasteiger charge is -2.52. The summed E-state index contributed by atoms with van der Waals surface area (Å²) < 4.78 is 19.2. The van der Waals surface area contributed by atoms with Gasteiger partial charge in [-0.1, -0.05) is 11.8 Å². The van der Waals surface area contributed by atoms with E-state index < -0.39 is 5.82 Å². The molecule has 3 aromatic heterocycles. The maximum atomic E-state index is 17.3. The molecule has 0 bridgehead atoms. The van der Waals surface area contributed by atoms with Crippen LogP contribution in [0.2, 0.25) is 0 Å². The molecule has 0 saturated carbocycles. The van der Waals surface area contributed by atoms with Crippen molar-refractivity contribution in [2.24, 2.45) is 0 Å². The first-order valence-electron chi connectivity index (χ1n) is 16.0. The summed E-state index contributed by atoms with van der Waals surface area (Å²) in [5.74, 6) is 0.0278. The summed E-state index contributed by atoms with van der Waals surface area (Å²) in [5.41, 5.74) is 6.51. The van der Waals surface area contributed by atoms with E-state index in [1.807, 2.05) is 37.6 Å². The van der Waals surface area contributed by atoms with E-state index in [-0.39, 0.29) is 35.5 Å². The monoisotopic (exact) mass is 634 g/mol. The third kappa shape index (κ3) is 4.66. The third-order valence-electron chi connectivity index (χ3n) is 10.6. The molecule has 0 radical (unpaired) electrons. The molecule has 12 heteroatoms. The first-order chi connectivity index (χ1) is 22.5. The Balaban J connectivity index is 1.45. The van der Waals surface area contributed by atoms with Crippen molar-refractivity contribution in [3.8, 4) is 17.2 Å². The number of nitrogens with one attached hydrogen (secondary N) is 1. The summed E-state index contributed by atoms with van der Waals surface area (Å²) in [6, 6.07) is 5.84. The maximum Gasteiger partial charge on any atom is 0.246 e. The zero-order valence-electron chi connectivity index (χ0n) is 27.7. The number of nitriles is 1. The Bertz CT molecular complexity index is 2130. The summed E-state index contributed by atoms with van der Waals surface area (Å²) in [7, 11) is 4.13. The van der Waals surface area contributed by atoms with E-state index in [1.165, 1.54) is 6.08 Å². The van der Waals surface area contributed by atoms with Crippen LogP contribution in [0.15, 0.2) is 31.0 Å². The molecule has 0 spiro atoms. The molecule has 242 valence electrons. The molecule has 2 saturated heterocycles. The Morgan fingerprint density at radius 2 is 1.96 bits per heavy atom. The summed E-state index contributed by atoms with van der Waals surface area (Å²) in [6.45, 7) is 13.7. The van der Waals surface area contributed by atoms with E-state index in [4.69, 9.17) is 4.98 Å². The van der Waals surface area contributed by atoms with Gasteiger partial charge in [-0.25, -0.2) is 14.1 Å². The van der Waals surface area contributed by atoms with Gasteiger partial charge in [-0.3, -0.25) is 9.89 Å². The fourth-order valence-electron chi connectivity index (χ4n) is 7.51. The van der Waals surface area contributed by atoms with Crippen LogP contribution in [0.5, 0.6) is 0 Å². The highest BCUT2D eigenvalue weighted by Crippen LogP contribution is 2.43. The van der Waals surface area contributed by atoms with Crippen molar-refractivity contribution in [1.82, 2.24) is 40.0 Å². The number of aromatic amines is 1. The Hall–Kier alpha value is -4.89. The molecule has 47 heavy (non-hydrogen) atoms. The lowest BCUT2D eigenvalue weighted by atomic mass is 9.89. The van der Waals surface area contributed by atoms with Crippen LogP contribution in [-0.4, -0.2) is 91.2 Å². The second kappa shape index (κ2) is 11.1. The van der Waals surface area contributed by atoms with Crippen LogP contribution in [0.1, 0.15) is 48.9 Å². The van der Waals surface area contributed by atoms with Crippen molar-refractivity contribution in [3.05, 3.63) is 53.5 Å². The van der Waals surface area contributed by atoms with E-state index in [0.29, 0.717) is 54.8 Å². The number of pyridine rings is 1. The highest BCUT2D eigenvalue weighted by atomic mass is 19.1. The van der Waals surface area contributed by atoms with Gasteiger partial charge in [0.05, 0.1) is 35.8 Å². The van der Waals surface area contributed by atoms with Crippen LogP contribution < -0.4 is 4.90 Å². The van der Waals surface area contributed by atoms with Gasteiger partial charge < -0.3 is 14.7 Å². The molecule has 1 N–H and O–H groups in total. The van der Waals surface area contributed by atoms with E-state index >= 15 is 4.39 Å². The molecule has 5 heterocycles. The number of aryl methyl sites for hydroxylation is 2. The van der Waals surface area contributed by atoms with Gasteiger partial charge in [-0.2, -0.15) is 10.4 Å². The number of anilines is 1. The van der Waals surface area contributed by atoms with Crippen molar-refractivity contribution >= 4 is 44.6 Å². The third-order valence-corrected chi connectivity index (χ3v) is 10.6. The van der Waals surface area contributed by atoms with Gasteiger partial charge in [0.1, 0.15) is 11.0 Å². The summed E-state index contributed by atoms with van der Waals surface area (Å²) in [4.78, 5) is 23.7. The lowest BCUT2D eigenvalue weighted by molar-refractivity contribution is -0.130. The van der Waals surface area contributed by atoms with Crippen LogP contribution in [0.4, 0.5) is 10.2 Å². The Morgan fingerprint density at radius 3 is 2.66 bits per heavy atom. The first-order valence-corrected chi connectivity index (χ1v) is 16.0. The van der Waals surface area contributed by atoms with Crippen LogP contribution >= 0.6 is 0 Å². The number of aromatic nitrogens is 6. The number of nitrogens with zero attached hydrogens (tertiary/aromatic N) is 9. The molecule has 2 atom stereocenters. The summed E-state index contributed by atoms with van der Waals surface area (Å²) in [6.07, 6.45) is 4.38. The molecule has 2 aromatic carbocycles. The number of amides is 1. The second-order valence-corrected chi connectivity index (χ2v) is 13.6. The molecule has 0 unspecified atom stereocenters. The Kier molecular flexibility index (Phi) is 7.28. The molecule has 0 aliphatic carbocycles. The topological polar surface area (TPSA) is 123 Å². The standard InChI is InChI=1S/C35H39FN10O/c1-8-27(47)45-12-10-23(15-22(45)9-11-37)46-33-24-13-20(3)28(29-21(4)19(2)14-26-25(29)16-38-40-26)30(36)31(24)39-34(32(33)41-42-46)44-17-35(5,18-44)43(6)7/h8,13-14,16,22-23H,1,9-10,12,15,17-18H2,2-7H3,(H,38,40)/t22-,23+/m1/s1. The molecule has 1 amide bonds. The minimum absolute atomic E-state index is 0.0590. The van der Waals surface area contributed by atoms with E-state index in [1.54, 1.807) is 11.1 Å². The molecule has 7 rings (SSSR count). The number of fused-ring (bicyclic) bond motifs is 4. The number of halogens is 1. The highest BCUT2D eigenvalue weighted by Gasteiger charge is 2.43. The quantitative estimate of drug-likeness (QED) is 0.248. The van der Waals surface area contributed by atoms with E-state index in [9.17, 15) is 10.1 Å². The number of piperidine rings is 1. The van der Waals surface area contributed by atoms with Gasteiger partial charge in [-0.05, 0) is 95.1 Å². The normalized spacial score (nSPS) is 19.5. The smallest absolute Gasteiger partial charge is 0.246 e. The van der Waals surface area contributed by atoms with Gasteiger partial charge in [0.15, 0.2) is 17.2 Å². The van der Waals surface area contributed by atoms with Crippen LogP contribution in [0.25, 0.3) is 44.0 Å². The Morgan fingerprint density at radius 1 is 1.19 bits per heavy atom. The van der Waals surface area contributed by atoms with Crippen molar-refractivity contribution in [2.75, 3.05) is 38.6 Å². The maximum absolute atomic E-state index is 17.3. The van der Waals surface area contributed by atoms with Crippen molar-refractivity contribution < 1.29 is 9.18 Å². The van der Waals surface area contributed by atoms with Gasteiger partial charge in [0.2, 0.25) is 5.91 Å². The number of likely N-dealkylation sites (tertiary alicyclic amines) is 1. The van der Waals surface area contributed by atoms with Crippen molar-refractivity contribution in [3.63, 3.8) is 0 Å². The molecule has 2 fully saturated rings. The molecular formula is C35H39FN10O. The number of hydrogen-bond donors (Lipinski definition) is 1. The predicted octanol–water partition coefficient (Wildman–Crippen LogP) is 5.36. The lowest BCUT2D eigenvalue weighted by Crippen LogP contribution is -2.67. The van der Waals surface area contributed by atoms with Crippen LogP contribution in [-0.2, 0) is 4.79 Å². The summed E-state index contributed by atoms with van der Waals surface area (Å²) in [5, 5.41) is 27.8. The van der Waals surface area contributed by atoms with Crippen LogP contribution in [0, 0.1) is 37.9 Å². The highest BCUT2D eigenvalue weighted by molar-refractivity contribution is 6.10. The van der Waals surface area contributed by atoms with E-state index in [2.05, 4.69) is 64.0 Å². The number of rotatable bonds is 6. The molecule has 2 aliphatic heterocycles. The SMILES string of the molecule is C=CC(=O)N1CC[C@H](n2nnc3c(N4CC(C)(N(C)C)C4)nc4c(F)c(-c5c(C)c(C)cc6[nH]ncc56)c(C)cc4c32)C[C@H]1CC#N. The number of benzene rings is 2. The predicted molar refractivity (Wildman–Crippen MR) is 181 cm³/mol. The molecule has 5 aromatic rings. The second-order valence-electron chi connectivity index (χ2n) is 13.6. The fraction of sp³-hybridized carbons (Fsp3) is 0.429. The number of hydrogen-bond acceptors (Lipinski definition) is 8. The van der Waals surface area contributed by atoms with Crippen LogP contribution in [0.3, 0.4) is 0 Å². The average Bonchev–Trinajstić information content (AvgIpc) is 3.68. The number of carbonyl (C=O) groups is 1. The van der Waals surface area contributed by atoms with E-state index in [0.717, 1.165) is 38.7 Å². The fourth-order valence-corrected chi connectivity index (χ4v) is 7.51.